The van der Waals surface area contributed by atoms with Crippen LogP contribution in [-0.2, 0) is 17.9 Å². The highest BCUT2D eigenvalue weighted by Gasteiger charge is 2.25. The summed E-state index contributed by atoms with van der Waals surface area (Å²) in [5.74, 6) is 1.88. The number of halogens is 1. The Morgan fingerprint density at radius 2 is 1.90 bits per heavy atom. The van der Waals surface area contributed by atoms with E-state index < -0.39 is 0 Å². The van der Waals surface area contributed by atoms with Crippen molar-refractivity contribution in [2.75, 3.05) is 19.6 Å². The monoisotopic (exact) mass is 536 g/mol. The minimum Gasteiger partial charge on any atom is -0.489 e. The molecule has 1 saturated heterocycles. The van der Waals surface area contributed by atoms with Crippen molar-refractivity contribution in [3.8, 4) is 5.75 Å². The summed E-state index contributed by atoms with van der Waals surface area (Å²) in [7, 11) is 0. The Labute approximate surface area is 202 Å². The number of amides is 1. The van der Waals surface area contributed by atoms with Crippen LogP contribution in [-0.4, -0.2) is 42.4 Å². The molecule has 168 valence electrons. The van der Waals surface area contributed by atoms with E-state index in [1.165, 1.54) is 0 Å². The lowest BCUT2D eigenvalue weighted by molar-refractivity contribution is -0.129. The van der Waals surface area contributed by atoms with Gasteiger partial charge >= 0.3 is 0 Å². The number of carbonyl (C=O) groups excluding carboxylic acids is 1. The molecule has 0 bridgehead atoms. The Bertz CT molecular complexity index is 844. The van der Waals surface area contributed by atoms with Crippen molar-refractivity contribution in [1.82, 2.24) is 15.5 Å². The van der Waals surface area contributed by atoms with Crippen molar-refractivity contribution < 1.29 is 9.53 Å². The average molecular weight is 536 g/mol. The second kappa shape index (κ2) is 13.2. The zero-order chi connectivity index (χ0) is 21.2. The van der Waals surface area contributed by atoms with Gasteiger partial charge in [0.1, 0.15) is 12.4 Å². The Morgan fingerprint density at radius 1 is 1.13 bits per heavy atom. The van der Waals surface area contributed by atoms with Crippen LogP contribution in [0, 0.1) is 0 Å². The predicted molar refractivity (Wildman–Crippen MR) is 136 cm³/mol. The predicted octanol–water partition coefficient (Wildman–Crippen LogP) is 3.95. The highest BCUT2D eigenvalue weighted by atomic mass is 127. The van der Waals surface area contributed by atoms with E-state index in [9.17, 15) is 4.79 Å². The number of likely N-dealkylation sites (tertiary alicyclic amines) is 1. The number of hydrogen-bond acceptors (Lipinski definition) is 3. The molecule has 1 heterocycles. The van der Waals surface area contributed by atoms with Gasteiger partial charge in [-0.05, 0) is 36.6 Å². The van der Waals surface area contributed by atoms with Crippen LogP contribution in [0.1, 0.15) is 37.8 Å². The number of aliphatic imine (C=N–C) groups is 1. The molecule has 1 unspecified atom stereocenters. The van der Waals surface area contributed by atoms with Gasteiger partial charge in [0.25, 0.3) is 0 Å². The molecule has 3 rings (SSSR count). The van der Waals surface area contributed by atoms with Crippen molar-refractivity contribution in [2.24, 2.45) is 4.99 Å². The molecule has 0 spiro atoms. The van der Waals surface area contributed by atoms with Crippen LogP contribution in [0.25, 0.3) is 0 Å². The van der Waals surface area contributed by atoms with Crippen molar-refractivity contribution >= 4 is 35.8 Å². The van der Waals surface area contributed by atoms with Crippen LogP contribution in [0.4, 0.5) is 0 Å². The summed E-state index contributed by atoms with van der Waals surface area (Å²) in [5, 5.41) is 6.79. The molecule has 0 saturated carbocycles. The van der Waals surface area contributed by atoms with E-state index in [1.54, 1.807) is 0 Å². The third-order valence-corrected chi connectivity index (χ3v) is 5.09. The van der Waals surface area contributed by atoms with Crippen molar-refractivity contribution in [3.05, 3.63) is 65.7 Å². The number of nitrogens with zero attached hydrogens (tertiary/aromatic N) is 2. The molecule has 2 N–H and O–H groups in total. The van der Waals surface area contributed by atoms with Gasteiger partial charge in [0, 0.05) is 32.1 Å². The molecule has 7 heteroatoms. The van der Waals surface area contributed by atoms with E-state index in [-0.39, 0.29) is 35.9 Å². The lowest BCUT2D eigenvalue weighted by Crippen LogP contribution is -2.45. The standard InChI is InChI=1S/C24H32N4O2.HI/c1-3-23(29)28-14-13-21(17-28)27-24(25-4-2)26-16-19-9-8-10-20(15-19)18-30-22-11-6-5-7-12-22;/h5-12,15,21H,3-4,13-14,16-18H2,1-2H3,(H2,25,26,27);1H. The highest BCUT2D eigenvalue weighted by Crippen LogP contribution is 2.14. The molecule has 0 radical (unpaired) electrons. The summed E-state index contributed by atoms with van der Waals surface area (Å²) in [5.41, 5.74) is 2.25. The van der Waals surface area contributed by atoms with E-state index in [4.69, 9.17) is 9.73 Å². The smallest absolute Gasteiger partial charge is 0.222 e. The van der Waals surface area contributed by atoms with Gasteiger partial charge in [-0.2, -0.15) is 0 Å². The normalized spacial score (nSPS) is 15.9. The minimum absolute atomic E-state index is 0. The van der Waals surface area contributed by atoms with Crippen LogP contribution < -0.4 is 15.4 Å². The van der Waals surface area contributed by atoms with Gasteiger partial charge in [-0.1, -0.05) is 49.4 Å². The van der Waals surface area contributed by atoms with Crippen LogP contribution >= 0.6 is 24.0 Å². The molecule has 0 aliphatic carbocycles. The first kappa shape index (κ1) is 25.0. The molecule has 1 aliphatic heterocycles. The first-order valence-electron chi connectivity index (χ1n) is 10.8. The Kier molecular flexibility index (Phi) is 10.6. The molecule has 31 heavy (non-hydrogen) atoms. The number of nitrogens with one attached hydrogen (secondary N) is 2. The van der Waals surface area contributed by atoms with Gasteiger partial charge in [0.2, 0.25) is 5.91 Å². The second-order valence-corrected chi connectivity index (χ2v) is 7.44. The lowest BCUT2D eigenvalue weighted by atomic mass is 10.1. The zero-order valence-electron chi connectivity index (χ0n) is 18.3. The fourth-order valence-corrected chi connectivity index (χ4v) is 3.51. The Morgan fingerprint density at radius 3 is 2.65 bits per heavy atom. The number of carbonyl (C=O) groups is 1. The Balaban J connectivity index is 0.00000341. The molecule has 2 aromatic carbocycles. The zero-order valence-corrected chi connectivity index (χ0v) is 20.7. The number of guanidine groups is 1. The lowest BCUT2D eigenvalue weighted by Gasteiger charge is -2.18. The number of hydrogen-bond donors (Lipinski definition) is 2. The van der Waals surface area contributed by atoms with E-state index in [0.717, 1.165) is 48.9 Å². The molecular formula is C24H33IN4O2. The van der Waals surface area contributed by atoms with Gasteiger partial charge in [0.05, 0.1) is 6.54 Å². The third kappa shape index (κ3) is 8.05. The topological polar surface area (TPSA) is 66.0 Å². The molecule has 1 aliphatic rings. The van der Waals surface area contributed by atoms with Crippen molar-refractivity contribution in [3.63, 3.8) is 0 Å². The molecule has 1 atom stereocenters. The van der Waals surface area contributed by atoms with Crippen LogP contribution in [0.15, 0.2) is 59.6 Å². The van der Waals surface area contributed by atoms with Crippen LogP contribution in [0.3, 0.4) is 0 Å². The van der Waals surface area contributed by atoms with Crippen LogP contribution in [0.2, 0.25) is 0 Å². The van der Waals surface area contributed by atoms with Crippen molar-refractivity contribution in [1.29, 1.82) is 0 Å². The summed E-state index contributed by atoms with van der Waals surface area (Å²) < 4.78 is 5.85. The maximum absolute atomic E-state index is 11.9. The summed E-state index contributed by atoms with van der Waals surface area (Å²) in [4.78, 5) is 18.6. The molecule has 1 fully saturated rings. The van der Waals surface area contributed by atoms with Gasteiger partial charge in [-0.15, -0.1) is 24.0 Å². The summed E-state index contributed by atoms with van der Waals surface area (Å²) in [6, 6.07) is 18.4. The molecule has 2 aromatic rings. The second-order valence-electron chi connectivity index (χ2n) is 7.44. The largest absolute Gasteiger partial charge is 0.489 e. The number of benzene rings is 2. The van der Waals surface area contributed by atoms with Gasteiger partial charge in [-0.25, -0.2) is 4.99 Å². The quantitative estimate of drug-likeness (QED) is 0.305. The van der Waals surface area contributed by atoms with E-state index in [0.29, 0.717) is 19.6 Å². The van der Waals surface area contributed by atoms with Crippen molar-refractivity contribution in [2.45, 2.75) is 45.9 Å². The van der Waals surface area contributed by atoms with Gasteiger partial charge in [-0.3, -0.25) is 4.79 Å². The fraction of sp³-hybridized carbons (Fsp3) is 0.417. The first-order valence-corrected chi connectivity index (χ1v) is 10.8. The summed E-state index contributed by atoms with van der Waals surface area (Å²) >= 11 is 0. The van der Waals surface area contributed by atoms with Gasteiger partial charge in [0.15, 0.2) is 5.96 Å². The van der Waals surface area contributed by atoms with Gasteiger partial charge < -0.3 is 20.3 Å². The average Bonchev–Trinajstić information content (AvgIpc) is 3.25. The van der Waals surface area contributed by atoms with E-state index in [1.807, 2.05) is 48.2 Å². The summed E-state index contributed by atoms with van der Waals surface area (Å²) in [6.45, 7) is 7.42. The first-order chi connectivity index (χ1) is 14.7. The molecule has 0 aromatic heterocycles. The van der Waals surface area contributed by atoms with E-state index >= 15 is 0 Å². The Hall–Kier alpha value is -2.29. The highest BCUT2D eigenvalue weighted by molar-refractivity contribution is 14.0. The molecule has 1 amide bonds. The number of rotatable bonds is 8. The minimum atomic E-state index is 0. The maximum Gasteiger partial charge on any atom is 0.222 e. The third-order valence-electron chi connectivity index (χ3n) is 5.09. The fourth-order valence-electron chi connectivity index (χ4n) is 3.51. The van der Waals surface area contributed by atoms with Crippen LogP contribution in [0.5, 0.6) is 5.75 Å². The summed E-state index contributed by atoms with van der Waals surface area (Å²) in [6.07, 6.45) is 1.51. The number of para-hydroxylation sites is 1. The SMILES string of the molecule is CCNC(=NCc1cccc(COc2ccccc2)c1)NC1CCN(C(=O)CC)C1.I. The number of ether oxygens (including phenoxy) is 1. The van der Waals surface area contributed by atoms with E-state index in [2.05, 4.69) is 35.8 Å². The maximum atomic E-state index is 11.9. The molecular weight excluding hydrogens is 503 g/mol. The molecule has 6 nitrogen and oxygen atoms in total.